The molecule has 0 aliphatic rings. The second kappa shape index (κ2) is 5.86. The first-order chi connectivity index (χ1) is 9.22. The molecule has 0 unspecified atom stereocenters. The Bertz CT molecular complexity index is 587. The third-order valence-electron chi connectivity index (χ3n) is 2.51. The number of furan rings is 1. The highest BCUT2D eigenvalue weighted by molar-refractivity contribution is 6.02. The minimum atomic E-state index is -0.675. The molecule has 98 valence electrons. The van der Waals surface area contributed by atoms with Crippen molar-refractivity contribution < 1.29 is 19.2 Å². The zero-order valence-electron chi connectivity index (χ0n) is 10.4. The maximum atomic E-state index is 11.6. The molecule has 0 bridgehead atoms. The van der Waals surface area contributed by atoms with E-state index in [-0.39, 0.29) is 11.5 Å². The zero-order chi connectivity index (χ0) is 13.7. The Labute approximate surface area is 110 Å². The molecule has 0 spiro atoms. The molecule has 0 fully saturated rings. The van der Waals surface area contributed by atoms with Crippen molar-refractivity contribution >= 4 is 11.7 Å². The number of hydrogen-bond acceptors (Lipinski definition) is 5. The lowest BCUT2D eigenvalue weighted by Crippen LogP contribution is -2.05. The van der Waals surface area contributed by atoms with Gasteiger partial charge in [-0.3, -0.25) is 0 Å². The quantitative estimate of drug-likeness (QED) is 0.520. The highest BCUT2D eigenvalue weighted by atomic mass is 16.7. The molecule has 0 saturated carbocycles. The number of rotatable bonds is 4. The molecule has 0 amide bonds. The number of nitrogens with zero attached hydrogens (tertiary/aromatic N) is 1. The molecule has 19 heavy (non-hydrogen) atoms. The number of carbonyl (C=O) groups excluding carboxylic acids is 1. The number of oxime groups is 1. The molecule has 0 atom stereocenters. The Morgan fingerprint density at radius 1 is 1.32 bits per heavy atom. The van der Waals surface area contributed by atoms with Crippen LogP contribution in [0.3, 0.4) is 0 Å². The third-order valence-corrected chi connectivity index (χ3v) is 2.51. The second-order valence-electron chi connectivity index (χ2n) is 3.76. The van der Waals surface area contributed by atoms with Crippen LogP contribution in [0.25, 0.3) is 0 Å². The van der Waals surface area contributed by atoms with Gasteiger partial charge in [-0.2, -0.15) is 0 Å². The van der Waals surface area contributed by atoms with E-state index < -0.39 is 5.97 Å². The summed E-state index contributed by atoms with van der Waals surface area (Å²) in [7, 11) is 0. The van der Waals surface area contributed by atoms with Crippen molar-refractivity contribution in [1.29, 1.82) is 0 Å². The van der Waals surface area contributed by atoms with E-state index in [1.165, 1.54) is 12.3 Å². The molecule has 1 N–H and O–H groups in total. The minimum Gasteiger partial charge on any atom is -0.507 e. The van der Waals surface area contributed by atoms with Gasteiger partial charge in [-0.15, -0.1) is 0 Å². The smallest absolute Gasteiger partial charge is 0.400 e. The predicted molar refractivity (Wildman–Crippen MR) is 69.1 cm³/mol. The summed E-state index contributed by atoms with van der Waals surface area (Å²) in [6, 6.07) is 9.82. The number of phenolic OH excluding ortho intramolecular Hbond substituents is 1. The fraction of sp³-hybridized carbons (Fsp3) is 0.143. The molecule has 0 aliphatic carbocycles. The molecule has 2 aromatic rings. The van der Waals surface area contributed by atoms with Crippen LogP contribution in [0.1, 0.15) is 29.5 Å². The Balaban J connectivity index is 2.16. The van der Waals surface area contributed by atoms with Crippen LogP contribution in [0, 0.1) is 0 Å². The van der Waals surface area contributed by atoms with Gasteiger partial charge in [0.2, 0.25) is 5.76 Å². The summed E-state index contributed by atoms with van der Waals surface area (Å²) in [6.45, 7) is 1.85. The number of carbonyl (C=O) groups is 1. The number of aromatic hydroxyl groups is 1. The first kappa shape index (κ1) is 12.9. The average Bonchev–Trinajstić information content (AvgIpc) is 2.95. The van der Waals surface area contributed by atoms with Crippen LogP contribution >= 0.6 is 0 Å². The maximum Gasteiger partial charge on any atom is 0.400 e. The van der Waals surface area contributed by atoms with E-state index in [0.717, 1.165) is 0 Å². The van der Waals surface area contributed by atoms with Crippen LogP contribution in [0.4, 0.5) is 0 Å². The van der Waals surface area contributed by atoms with E-state index >= 15 is 0 Å². The molecule has 1 aromatic heterocycles. The molecule has 2 rings (SSSR count). The van der Waals surface area contributed by atoms with Gasteiger partial charge in [0.15, 0.2) is 0 Å². The first-order valence-electron chi connectivity index (χ1n) is 5.82. The second-order valence-corrected chi connectivity index (χ2v) is 3.76. The first-order valence-corrected chi connectivity index (χ1v) is 5.82. The molecule has 0 saturated heterocycles. The molecule has 5 nitrogen and oxygen atoms in total. The monoisotopic (exact) mass is 259 g/mol. The van der Waals surface area contributed by atoms with Crippen LogP contribution in [-0.4, -0.2) is 16.8 Å². The molecule has 0 aliphatic heterocycles. The standard InChI is InChI=1S/C14H13NO4/c1-2-11(10-6-3-4-7-12(10)16)15-19-14(17)13-8-5-9-18-13/h3-9,16H,2H2,1H3/b15-11+. The topological polar surface area (TPSA) is 72.0 Å². The van der Waals surface area contributed by atoms with Crippen LogP contribution in [0.2, 0.25) is 0 Å². The lowest BCUT2D eigenvalue weighted by Gasteiger charge is -2.05. The lowest BCUT2D eigenvalue weighted by molar-refractivity contribution is 0.0479. The van der Waals surface area contributed by atoms with E-state index in [0.29, 0.717) is 17.7 Å². The summed E-state index contributed by atoms with van der Waals surface area (Å²) in [5, 5.41) is 13.5. The average molecular weight is 259 g/mol. The van der Waals surface area contributed by atoms with Gasteiger partial charge in [-0.05, 0) is 30.7 Å². The minimum absolute atomic E-state index is 0.0801. The van der Waals surface area contributed by atoms with Gasteiger partial charge in [0.05, 0.1) is 12.0 Å². The van der Waals surface area contributed by atoms with Gasteiger partial charge >= 0.3 is 5.97 Å². The van der Waals surface area contributed by atoms with Gasteiger partial charge in [-0.25, -0.2) is 4.79 Å². The van der Waals surface area contributed by atoms with Crippen molar-refractivity contribution in [3.63, 3.8) is 0 Å². The van der Waals surface area contributed by atoms with E-state index in [1.54, 1.807) is 30.3 Å². The molecule has 1 heterocycles. The lowest BCUT2D eigenvalue weighted by atomic mass is 10.1. The largest absolute Gasteiger partial charge is 0.507 e. The van der Waals surface area contributed by atoms with Crippen molar-refractivity contribution in [2.75, 3.05) is 0 Å². The Morgan fingerprint density at radius 3 is 2.74 bits per heavy atom. The normalized spacial score (nSPS) is 11.3. The van der Waals surface area contributed by atoms with E-state index in [9.17, 15) is 9.90 Å². The third kappa shape index (κ3) is 3.01. The molecular weight excluding hydrogens is 246 g/mol. The van der Waals surface area contributed by atoms with Gasteiger partial charge < -0.3 is 14.4 Å². The summed E-state index contributed by atoms with van der Waals surface area (Å²) in [5.41, 5.74) is 1.02. The molecule has 1 aromatic carbocycles. The van der Waals surface area contributed by atoms with E-state index in [2.05, 4.69) is 5.16 Å². The number of hydrogen-bond donors (Lipinski definition) is 1. The van der Waals surface area contributed by atoms with Gasteiger partial charge in [-0.1, -0.05) is 24.2 Å². The summed E-state index contributed by atoms with van der Waals surface area (Å²) in [4.78, 5) is 16.3. The fourth-order valence-electron chi connectivity index (χ4n) is 1.56. The number of para-hydroxylation sites is 1. The number of benzene rings is 1. The van der Waals surface area contributed by atoms with Crippen molar-refractivity contribution in [3.05, 3.63) is 54.0 Å². The van der Waals surface area contributed by atoms with Gasteiger partial charge in [0.1, 0.15) is 5.75 Å². The fourth-order valence-corrected chi connectivity index (χ4v) is 1.56. The van der Waals surface area contributed by atoms with Crippen molar-refractivity contribution in [2.45, 2.75) is 13.3 Å². The Morgan fingerprint density at radius 2 is 2.11 bits per heavy atom. The van der Waals surface area contributed by atoms with Crippen LogP contribution in [-0.2, 0) is 4.84 Å². The summed E-state index contributed by atoms with van der Waals surface area (Å²) in [6.07, 6.45) is 1.90. The predicted octanol–water partition coefficient (Wildman–Crippen LogP) is 2.96. The van der Waals surface area contributed by atoms with Crippen molar-refractivity contribution in [2.24, 2.45) is 5.16 Å². The number of phenols is 1. The Kier molecular flexibility index (Phi) is 3.97. The van der Waals surface area contributed by atoms with Gasteiger partial charge in [0, 0.05) is 5.56 Å². The highest BCUT2D eigenvalue weighted by Gasteiger charge is 2.12. The summed E-state index contributed by atoms with van der Waals surface area (Å²) in [5.74, 6) is -0.500. The summed E-state index contributed by atoms with van der Waals surface area (Å²) < 4.78 is 4.90. The van der Waals surface area contributed by atoms with Crippen molar-refractivity contribution in [1.82, 2.24) is 0 Å². The maximum absolute atomic E-state index is 11.6. The van der Waals surface area contributed by atoms with E-state index in [1.807, 2.05) is 6.92 Å². The zero-order valence-corrected chi connectivity index (χ0v) is 10.4. The highest BCUT2D eigenvalue weighted by Crippen LogP contribution is 2.18. The molecule has 5 heteroatoms. The molecule has 0 radical (unpaired) electrons. The summed E-state index contributed by atoms with van der Waals surface area (Å²) >= 11 is 0. The SMILES string of the molecule is CC/C(=N\OC(=O)c1ccco1)c1ccccc1O. The van der Waals surface area contributed by atoms with Crippen molar-refractivity contribution in [3.8, 4) is 5.75 Å². The van der Waals surface area contributed by atoms with Crippen LogP contribution in [0.5, 0.6) is 5.75 Å². The van der Waals surface area contributed by atoms with Gasteiger partial charge in [0.25, 0.3) is 0 Å². The van der Waals surface area contributed by atoms with Crippen LogP contribution < -0.4 is 0 Å². The van der Waals surface area contributed by atoms with E-state index in [4.69, 9.17) is 9.25 Å². The molecular formula is C14H13NO4. The van der Waals surface area contributed by atoms with Crippen LogP contribution in [0.15, 0.2) is 52.2 Å². The Hall–Kier alpha value is -2.56.